The Balaban J connectivity index is 2.42. The minimum atomic E-state index is 0.0765. The van der Waals surface area contributed by atoms with Crippen LogP contribution in [-0.4, -0.2) is 12.4 Å². The van der Waals surface area contributed by atoms with Gasteiger partial charge in [-0.05, 0) is 30.9 Å². The molecule has 1 aromatic rings. The number of rotatable bonds is 6. The molecule has 0 aliphatic heterocycles. The predicted molar refractivity (Wildman–Crippen MR) is 67.0 cm³/mol. The number of nitrogens with two attached hydrogens (primary N) is 1. The van der Waals surface area contributed by atoms with Gasteiger partial charge in [0.25, 0.3) is 0 Å². The molecule has 0 unspecified atom stereocenters. The first kappa shape index (κ1) is 12.6. The molecule has 0 aromatic heterocycles. The lowest BCUT2D eigenvalue weighted by Crippen LogP contribution is -2.11. The van der Waals surface area contributed by atoms with Crippen LogP contribution in [0.5, 0.6) is 5.75 Å². The molecule has 1 rings (SSSR count). The van der Waals surface area contributed by atoms with Crippen LogP contribution in [-0.2, 0) is 0 Å². The van der Waals surface area contributed by atoms with Crippen molar-refractivity contribution in [1.82, 2.24) is 0 Å². The standard InChI is InChI=1S/C13H20N2O/c1-10(2)5-4-8-16-12-7-3-6-11(9-12)13(14)15/h3,6-7,9-10H,4-5,8H2,1-2H3,(H3,14,15). The Morgan fingerprint density at radius 3 is 2.81 bits per heavy atom. The number of benzene rings is 1. The van der Waals surface area contributed by atoms with E-state index in [1.54, 1.807) is 6.07 Å². The Kier molecular flexibility index (Phi) is 4.83. The topological polar surface area (TPSA) is 59.1 Å². The number of hydrogen-bond donors (Lipinski definition) is 2. The van der Waals surface area contributed by atoms with Gasteiger partial charge in [0.05, 0.1) is 6.61 Å². The van der Waals surface area contributed by atoms with Gasteiger partial charge in [0.1, 0.15) is 11.6 Å². The highest BCUT2D eigenvalue weighted by atomic mass is 16.5. The van der Waals surface area contributed by atoms with Crippen LogP contribution >= 0.6 is 0 Å². The highest BCUT2D eigenvalue weighted by molar-refractivity contribution is 5.95. The second-order valence-corrected chi connectivity index (χ2v) is 4.33. The zero-order chi connectivity index (χ0) is 12.0. The zero-order valence-corrected chi connectivity index (χ0v) is 9.99. The highest BCUT2D eigenvalue weighted by Crippen LogP contribution is 2.14. The summed E-state index contributed by atoms with van der Waals surface area (Å²) < 4.78 is 5.60. The molecule has 0 radical (unpaired) electrons. The van der Waals surface area contributed by atoms with Gasteiger partial charge < -0.3 is 10.5 Å². The van der Waals surface area contributed by atoms with Gasteiger partial charge in [0.2, 0.25) is 0 Å². The molecule has 16 heavy (non-hydrogen) atoms. The second-order valence-electron chi connectivity index (χ2n) is 4.33. The molecule has 0 aliphatic carbocycles. The van der Waals surface area contributed by atoms with Crippen LogP contribution in [0.2, 0.25) is 0 Å². The minimum absolute atomic E-state index is 0.0765. The lowest BCUT2D eigenvalue weighted by atomic mass is 10.1. The monoisotopic (exact) mass is 220 g/mol. The van der Waals surface area contributed by atoms with Gasteiger partial charge in [-0.3, -0.25) is 5.41 Å². The van der Waals surface area contributed by atoms with Crippen LogP contribution < -0.4 is 10.5 Å². The second kappa shape index (κ2) is 6.16. The maximum absolute atomic E-state index is 7.32. The van der Waals surface area contributed by atoms with Crippen LogP contribution in [0.3, 0.4) is 0 Å². The van der Waals surface area contributed by atoms with Crippen molar-refractivity contribution in [3.05, 3.63) is 29.8 Å². The fourth-order valence-corrected chi connectivity index (χ4v) is 1.44. The van der Waals surface area contributed by atoms with Gasteiger partial charge in [0.15, 0.2) is 0 Å². The first-order valence-electron chi connectivity index (χ1n) is 5.67. The fourth-order valence-electron chi connectivity index (χ4n) is 1.44. The van der Waals surface area contributed by atoms with Gasteiger partial charge in [-0.15, -0.1) is 0 Å². The average Bonchev–Trinajstić information content (AvgIpc) is 2.24. The molecule has 0 saturated heterocycles. The van der Waals surface area contributed by atoms with Gasteiger partial charge in [0, 0.05) is 5.56 Å². The molecule has 0 amide bonds. The third kappa shape index (κ3) is 4.34. The van der Waals surface area contributed by atoms with E-state index in [0.29, 0.717) is 11.5 Å². The molecular formula is C13H20N2O. The molecular weight excluding hydrogens is 200 g/mol. The van der Waals surface area contributed by atoms with E-state index in [2.05, 4.69) is 13.8 Å². The number of nitrogens with one attached hydrogen (secondary N) is 1. The summed E-state index contributed by atoms with van der Waals surface area (Å²) in [6.07, 6.45) is 2.23. The first-order valence-corrected chi connectivity index (χ1v) is 5.67. The Bertz CT molecular complexity index is 348. The summed E-state index contributed by atoms with van der Waals surface area (Å²) in [5.41, 5.74) is 6.11. The maximum Gasteiger partial charge on any atom is 0.122 e. The minimum Gasteiger partial charge on any atom is -0.494 e. The van der Waals surface area contributed by atoms with Crippen molar-refractivity contribution in [2.45, 2.75) is 26.7 Å². The Morgan fingerprint density at radius 2 is 2.19 bits per heavy atom. The molecule has 1 aromatic carbocycles. The molecule has 3 N–H and O–H groups in total. The Hall–Kier alpha value is -1.51. The third-order valence-corrected chi connectivity index (χ3v) is 2.34. The van der Waals surface area contributed by atoms with Crippen LogP contribution in [0, 0.1) is 11.3 Å². The molecule has 0 saturated carbocycles. The number of amidine groups is 1. The molecule has 3 nitrogen and oxygen atoms in total. The average molecular weight is 220 g/mol. The molecule has 0 spiro atoms. The lowest BCUT2D eigenvalue weighted by Gasteiger charge is -2.08. The first-order chi connectivity index (χ1) is 7.59. The summed E-state index contributed by atoms with van der Waals surface area (Å²) in [6, 6.07) is 7.36. The van der Waals surface area contributed by atoms with Crippen molar-refractivity contribution in [3.63, 3.8) is 0 Å². The summed E-state index contributed by atoms with van der Waals surface area (Å²) in [7, 11) is 0. The van der Waals surface area contributed by atoms with E-state index in [4.69, 9.17) is 15.9 Å². The molecule has 3 heteroatoms. The van der Waals surface area contributed by atoms with Crippen molar-refractivity contribution in [2.24, 2.45) is 11.7 Å². The number of nitrogen functional groups attached to an aromatic ring is 1. The van der Waals surface area contributed by atoms with Crippen molar-refractivity contribution < 1.29 is 4.74 Å². The van der Waals surface area contributed by atoms with Crippen LogP contribution in [0.4, 0.5) is 0 Å². The largest absolute Gasteiger partial charge is 0.494 e. The number of ether oxygens (including phenoxy) is 1. The van der Waals surface area contributed by atoms with E-state index in [-0.39, 0.29) is 5.84 Å². The van der Waals surface area contributed by atoms with Crippen molar-refractivity contribution in [2.75, 3.05) is 6.61 Å². The Labute approximate surface area is 97.1 Å². The van der Waals surface area contributed by atoms with E-state index in [1.807, 2.05) is 18.2 Å². The molecule has 0 aliphatic rings. The van der Waals surface area contributed by atoms with Gasteiger partial charge in [-0.2, -0.15) is 0 Å². The summed E-state index contributed by atoms with van der Waals surface area (Å²) >= 11 is 0. The Morgan fingerprint density at radius 1 is 1.44 bits per heavy atom. The van der Waals surface area contributed by atoms with Crippen molar-refractivity contribution in [1.29, 1.82) is 5.41 Å². The van der Waals surface area contributed by atoms with Gasteiger partial charge in [-0.1, -0.05) is 26.0 Å². The lowest BCUT2D eigenvalue weighted by molar-refractivity contribution is 0.297. The van der Waals surface area contributed by atoms with Crippen molar-refractivity contribution >= 4 is 5.84 Å². The van der Waals surface area contributed by atoms with E-state index in [9.17, 15) is 0 Å². The van der Waals surface area contributed by atoms with Crippen LogP contribution in [0.25, 0.3) is 0 Å². The fraction of sp³-hybridized carbons (Fsp3) is 0.462. The van der Waals surface area contributed by atoms with Crippen LogP contribution in [0.15, 0.2) is 24.3 Å². The van der Waals surface area contributed by atoms with Gasteiger partial charge in [-0.25, -0.2) is 0 Å². The summed E-state index contributed by atoms with van der Waals surface area (Å²) in [5.74, 6) is 1.58. The maximum atomic E-state index is 7.32. The van der Waals surface area contributed by atoms with E-state index in [1.165, 1.54) is 6.42 Å². The summed E-state index contributed by atoms with van der Waals surface area (Å²) in [4.78, 5) is 0. The molecule has 88 valence electrons. The molecule has 0 heterocycles. The molecule has 0 fully saturated rings. The summed E-state index contributed by atoms with van der Waals surface area (Å²) in [6.45, 7) is 5.13. The van der Waals surface area contributed by atoms with Gasteiger partial charge >= 0.3 is 0 Å². The highest BCUT2D eigenvalue weighted by Gasteiger charge is 1.99. The smallest absolute Gasteiger partial charge is 0.122 e. The zero-order valence-electron chi connectivity index (χ0n) is 9.99. The molecule has 0 bridgehead atoms. The van der Waals surface area contributed by atoms with Crippen molar-refractivity contribution in [3.8, 4) is 5.75 Å². The van der Waals surface area contributed by atoms with E-state index < -0.39 is 0 Å². The quantitative estimate of drug-likeness (QED) is 0.440. The summed E-state index contributed by atoms with van der Waals surface area (Å²) in [5, 5.41) is 7.32. The normalized spacial score (nSPS) is 10.4. The van der Waals surface area contributed by atoms with E-state index >= 15 is 0 Å². The van der Waals surface area contributed by atoms with E-state index in [0.717, 1.165) is 18.8 Å². The third-order valence-electron chi connectivity index (χ3n) is 2.34. The number of hydrogen-bond acceptors (Lipinski definition) is 2. The molecule has 0 atom stereocenters. The predicted octanol–water partition coefficient (Wildman–Crippen LogP) is 2.79. The van der Waals surface area contributed by atoms with Crippen LogP contribution in [0.1, 0.15) is 32.3 Å². The SMILES string of the molecule is CC(C)CCCOc1cccc(C(=N)N)c1.